The summed E-state index contributed by atoms with van der Waals surface area (Å²) in [5, 5.41) is 0. The molecule has 1 aliphatic rings. The first-order valence-corrected chi connectivity index (χ1v) is 11.7. The summed E-state index contributed by atoms with van der Waals surface area (Å²) in [4.78, 5) is 0. The lowest BCUT2D eigenvalue weighted by atomic mass is 9.77. The van der Waals surface area contributed by atoms with Gasteiger partial charge in [-0.25, -0.2) is 0 Å². The standard InChI is InChI=1S/C27H39N/c1-2-3-4-5-6-7-22-10-16-25(17-11-22)26-18-12-23(13-19-26)8-9-24-14-20-27(28)21-15-24/h12-15,18-22,25H,2-11,16-17,28H2,1H3. The Morgan fingerprint density at radius 1 is 0.714 bits per heavy atom. The van der Waals surface area contributed by atoms with Gasteiger partial charge in [0.25, 0.3) is 0 Å². The lowest BCUT2D eigenvalue weighted by Crippen LogP contribution is -2.13. The van der Waals surface area contributed by atoms with Crippen LogP contribution < -0.4 is 5.73 Å². The quantitative estimate of drug-likeness (QED) is 0.333. The van der Waals surface area contributed by atoms with Gasteiger partial charge in [-0.3, -0.25) is 0 Å². The Kier molecular flexibility index (Phi) is 8.45. The predicted octanol–water partition coefficient (Wildman–Crippen LogP) is 7.69. The first-order valence-electron chi connectivity index (χ1n) is 11.7. The highest BCUT2D eigenvalue weighted by Crippen LogP contribution is 2.37. The zero-order valence-corrected chi connectivity index (χ0v) is 17.8. The van der Waals surface area contributed by atoms with E-state index in [1.165, 1.54) is 75.3 Å². The van der Waals surface area contributed by atoms with E-state index in [9.17, 15) is 0 Å². The first kappa shape index (κ1) is 21.0. The van der Waals surface area contributed by atoms with Crippen molar-refractivity contribution in [3.8, 4) is 0 Å². The molecule has 2 aromatic carbocycles. The Hall–Kier alpha value is -1.76. The van der Waals surface area contributed by atoms with Gasteiger partial charge in [-0.2, -0.15) is 0 Å². The maximum atomic E-state index is 5.77. The predicted molar refractivity (Wildman–Crippen MR) is 123 cm³/mol. The van der Waals surface area contributed by atoms with E-state index in [4.69, 9.17) is 5.73 Å². The van der Waals surface area contributed by atoms with Crippen LogP contribution in [0.25, 0.3) is 0 Å². The van der Waals surface area contributed by atoms with Gasteiger partial charge in [0.2, 0.25) is 0 Å². The maximum Gasteiger partial charge on any atom is 0.0314 e. The number of benzene rings is 2. The summed E-state index contributed by atoms with van der Waals surface area (Å²) in [6.45, 7) is 2.30. The van der Waals surface area contributed by atoms with Gasteiger partial charge in [0, 0.05) is 5.69 Å². The molecule has 1 saturated carbocycles. The van der Waals surface area contributed by atoms with E-state index in [0.717, 1.165) is 30.4 Å². The van der Waals surface area contributed by atoms with Crippen LogP contribution in [0, 0.1) is 5.92 Å². The topological polar surface area (TPSA) is 26.0 Å². The Balaban J connectivity index is 1.39. The van der Waals surface area contributed by atoms with Crippen molar-refractivity contribution in [2.24, 2.45) is 5.92 Å². The van der Waals surface area contributed by atoms with Crippen LogP contribution in [0.4, 0.5) is 5.69 Å². The molecule has 1 fully saturated rings. The summed E-state index contributed by atoms with van der Waals surface area (Å²) < 4.78 is 0. The molecule has 0 unspecified atom stereocenters. The molecule has 0 atom stereocenters. The fourth-order valence-corrected chi connectivity index (χ4v) is 4.75. The second kappa shape index (κ2) is 11.3. The van der Waals surface area contributed by atoms with E-state index >= 15 is 0 Å². The molecule has 2 N–H and O–H groups in total. The minimum absolute atomic E-state index is 0.794. The average molecular weight is 378 g/mol. The summed E-state index contributed by atoms with van der Waals surface area (Å²) in [5.41, 5.74) is 11.0. The van der Waals surface area contributed by atoms with E-state index in [1.807, 2.05) is 12.1 Å². The molecule has 0 heterocycles. The van der Waals surface area contributed by atoms with Crippen molar-refractivity contribution in [1.29, 1.82) is 0 Å². The van der Waals surface area contributed by atoms with E-state index in [2.05, 4.69) is 43.3 Å². The third-order valence-corrected chi connectivity index (χ3v) is 6.70. The molecule has 0 bridgehead atoms. The number of hydrogen-bond acceptors (Lipinski definition) is 1. The number of hydrogen-bond donors (Lipinski definition) is 1. The van der Waals surface area contributed by atoms with Crippen LogP contribution in [-0.2, 0) is 12.8 Å². The van der Waals surface area contributed by atoms with E-state index in [-0.39, 0.29) is 0 Å². The largest absolute Gasteiger partial charge is 0.399 e. The Morgan fingerprint density at radius 2 is 1.29 bits per heavy atom. The van der Waals surface area contributed by atoms with Crippen molar-refractivity contribution in [2.75, 3.05) is 5.73 Å². The monoisotopic (exact) mass is 377 g/mol. The highest BCUT2D eigenvalue weighted by Gasteiger charge is 2.21. The van der Waals surface area contributed by atoms with E-state index in [0.29, 0.717) is 0 Å². The van der Waals surface area contributed by atoms with Crippen LogP contribution in [0.5, 0.6) is 0 Å². The summed E-state index contributed by atoms with van der Waals surface area (Å²) in [7, 11) is 0. The maximum absolute atomic E-state index is 5.77. The van der Waals surface area contributed by atoms with E-state index < -0.39 is 0 Å². The number of aryl methyl sites for hydroxylation is 2. The molecule has 152 valence electrons. The number of nitrogen functional groups attached to an aromatic ring is 1. The number of unbranched alkanes of at least 4 members (excludes halogenated alkanes) is 4. The molecule has 28 heavy (non-hydrogen) atoms. The van der Waals surface area contributed by atoms with Crippen LogP contribution in [0.1, 0.15) is 93.7 Å². The van der Waals surface area contributed by atoms with Crippen LogP contribution in [-0.4, -0.2) is 0 Å². The highest BCUT2D eigenvalue weighted by molar-refractivity contribution is 5.39. The average Bonchev–Trinajstić information content (AvgIpc) is 2.74. The van der Waals surface area contributed by atoms with Gasteiger partial charge < -0.3 is 5.73 Å². The molecule has 0 spiro atoms. The molecule has 1 nitrogen and oxygen atoms in total. The van der Waals surface area contributed by atoms with Crippen molar-refractivity contribution in [1.82, 2.24) is 0 Å². The van der Waals surface area contributed by atoms with Gasteiger partial charge >= 0.3 is 0 Å². The summed E-state index contributed by atoms with van der Waals surface area (Å²) >= 11 is 0. The molecule has 0 aliphatic heterocycles. The molecule has 3 rings (SSSR count). The fourth-order valence-electron chi connectivity index (χ4n) is 4.75. The number of rotatable bonds is 10. The molecular weight excluding hydrogens is 338 g/mol. The zero-order valence-electron chi connectivity index (χ0n) is 17.8. The Bertz CT molecular complexity index is 662. The second-order valence-electron chi connectivity index (χ2n) is 8.90. The van der Waals surface area contributed by atoms with Gasteiger partial charge in [0.15, 0.2) is 0 Å². The SMILES string of the molecule is CCCCCCCC1CCC(c2ccc(CCc3ccc(N)cc3)cc2)CC1. The molecule has 1 aliphatic carbocycles. The van der Waals surface area contributed by atoms with Gasteiger partial charge in [0.1, 0.15) is 0 Å². The third kappa shape index (κ3) is 6.69. The van der Waals surface area contributed by atoms with Crippen molar-refractivity contribution in [2.45, 2.75) is 89.9 Å². The summed E-state index contributed by atoms with van der Waals surface area (Å²) in [5.74, 6) is 1.79. The number of anilines is 1. The summed E-state index contributed by atoms with van der Waals surface area (Å²) in [6, 6.07) is 17.8. The van der Waals surface area contributed by atoms with Crippen molar-refractivity contribution < 1.29 is 0 Å². The van der Waals surface area contributed by atoms with Crippen molar-refractivity contribution >= 4 is 5.69 Å². The molecule has 0 saturated heterocycles. The van der Waals surface area contributed by atoms with Gasteiger partial charge in [-0.15, -0.1) is 0 Å². The molecular formula is C27H39N. The first-order chi connectivity index (χ1) is 13.7. The third-order valence-electron chi connectivity index (χ3n) is 6.70. The van der Waals surface area contributed by atoms with Gasteiger partial charge in [-0.05, 0) is 79.2 Å². The number of nitrogens with two attached hydrogens (primary N) is 1. The fraction of sp³-hybridized carbons (Fsp3) is 0.556. The van der Waals surface area contributed by atoms with Crippen LogP contribution in [0.3, 0.4) is 0 Å². The molecule has 0 aromatic heterocycles. The minimum atomic E-state index is 0.794. The lowest BCUT2D eigenvalue weighted by molar-refractivity contribution is 0.302. The lowest BCUT2D eigenvalue weighted by Gasteiger charge is -2.29. The molecule has 1 heteroatoms. The second-order valence-corrected chi connectivity index (χ2v) is 8.90. The van der Waals surface area contributed by atoms with Crippen LogP contribution in [0.2, 0.25) is 0 Å². The van der Waals surface area contributed by atoms with Crippen LogP contribution >= 0.6 is 0 Å². The van der Waals surface area contributed by atoms with E-state index in [1.54, 1.807) is 5.56 Å². The molecule has 0 amide bonds. The van der Waals surface area contributed by atoms with Crippen molar-refractivity contribution in [3.05, 3.63) is 65.2 Å². The zero-order chi connectivity index (χ0) is 19.6. The minimum Gasteiger partial charge on any atom is -0.399 e. The summed E-state index contributed by atoms with van der Waals surface area (Å²) in [6.07, 6.45) is 16.5. The van der Waals surface area contributed by atoms with Crippen LogP contribution in [0.15, 0.2) is 48.5 Å². The van der Waals surface area contributed by atoms with Crippen molar-refractivity contribution in [3.63, 3.8) is 0 Å². The molecule has 0 radical (unpaired) electrons. The van der Waals surface area contributed by atoms with Gasteiger partial charge in [-0.1, -0.05) is 81.8 Å². The van der Waals surface area contributed by atoms with Gasteiger partial charge in [0.05, 0.1) is 0 Å². The highest BCUT2D eigenvalue weighted by atomic mass is 14.5. The normalized spacial score (nSPS) is 19.6. The Labute approximate surface area is 172 Å². The smallest absolute Gasteiger partial charge is 0.0314 e. The Morgan fingerprint density at radius 3 is 1.89 bits per heavy atom. The molecule has 2 aromatic rings.